The Balaban J connectivity index is 1.43. The number of ether oxygens (including phenoxy) is 3. The summed E-state index contributed by atoms with van der Waals surface area (Å²) in [6.07, 6.45) is 0. The van der Waals surface area contributed by atoms with E-state index in [0.717, 1.165) is 4.31 Å². The molecule has 8 nitrogen and oxygen atoms in total. The lowest BCUT2D eigenvalue weighted by Gasteiger charge is -2.26. The summed E-state index contributed by atoms with van der Waals surface area (Å²) in [7, 11) is -4.02. The van der Waals surface area contributed by atoms with Crippen LogP contribution in [0.3, 0.4) is 0 Å². The molecule has 0 atom stereocenters. The number of benzene rings is 3. The van der Waals surface area contributed by atoms with Gasteiger partial charge in [-0.25, -0.2) is 8.42 Å². The van der Waals surface area contributed by atoms with Crippen molar-refractivity contribution in [3.63, 3.8) is 0 Å². The summed E-state index contributed by atoms with van der Waals surface area (Å²) in [4.78, 5) is 12.9. The van der Waals surface area contributed by atoms with Gasteiger partial charge >= 0.3 is 0 Å². The molecule has 0 spiro atoms. The molecule has 196 valence electrons. The van der Waals surface area contributed by atoms with Crippen LogP contribution in [0.15, 0.2) is 77.7 Å². The lowest BCUT2D eigenvalue weighted by molar-refractivity contribution is -0.119. The molecule has 1 aliphatic heterocycles. The van der Waals surface area contributed by atoms with Gasteiger partial charge in [-0.3, -0.25) is 9.10 Å². The van der Waals surface area contributed by atoms with Crippen molar-refractivity contribution in [1.82, 2.24) is 5.32 Å². The molecule has 0 aromatic heterocycles. The third-order valence-corrected chi connectivity index (χ3v) is 7.63. The molecule has 0 saturated carbocycles. The molecule has 0 saturated heterocycles. The third kappa shape index (κ3) is 6.54. The van der Waals surface area contributed by atoms with Gasteiger partial charge in [0.05, 0.1) is 17.1 Å². The van der Waals surface area contributed by atoms with Crippen molar-refractivity contribution < 1.29 is 27.4 Å². The minimum absolute atomic E-state index is 0.0513. The monoisotopic (exact) mass is 524 g/mol. The highest BCUT2D eigenvalue weighted by molar-refractivity contribution is 7.92. The summed E-state index contributed by atoms with van der Waals surface area (Å²) in [5, 5.41) is 2.75. The molecule has 0 bridgehead atoms. The fourth-order valence-corrected chi connectivity index (χ4v) is 5.25. The maximum atomic E-state index is 13.5. The first-order valence-electron chi connectivity index (χ1n) is 12.1. The second kappa shape index (κ2) is 11.1. The molecule has 0 aliphatic carbocycles. The predicted octanol–water partition coefficient (Wildman–Crippen LogP) is 4.15. The average Bonchev–Trinajstić information content (AvgIpc) is 2.89. The highest BCUT2D eigenvalue weighted by atomic mass is 32.2. The molecule has 3 aromatic rings. The predicted molar refractivity (Wildman–Crippen MR) is 142 cm³/mol. The molecule has 1 heterocycles. The van der Waals surface area contributed by atoms with Crippen LogP contribution >= 0.6 is 0 Å². The van der Waals surface area contributed by atoms with E-state index in [4.69, 9.17) is 14.2 Å². The fourth-order valence-electron chi connectivity index (χ4n) is 3.82. The number of fused-ring (bicyclic) bond motifs is 1. The molecule has 9 heteroatoms. The number of nitrogens with one attached hydrogen (secondary N) is 1. The summed E-state index contributed by atoms with van der Waals surface area (Å²) >= 11 is 0. The van der Waals surface area contributed by atoms with Crippen molar-refractivity contribution in [2.75, 3.05) is 37.2 Å². The molecule has 1 aliphatic rings. The van der Waals surface area contributed by atoms with Gasteiger partial charge in [0.15, 0.2) is 11.5 Å². The quantitative estimate of drug-likeness (QED) is 0.423. The summed E-state index contributed by atoms with van der Waals surface area (Å²) < 4.78 is 45.0. The van der Waals surface area contributed by atoms with Crippen LogP contribution in [0.4, 0.5) is 5.69 Å². The Hall–Kier alpha value is -3.72. The molecule has 1 amide bonds. The molecule has 0 fully saturated rings. The van der Waals surface area contributed by atoms with Crippen LogP contribution in [0.2, 0.25) is 0 Å². The SMILES string of the molecule is CC(C)(C)c1ccc(OCCNC(=O)CN(c2ccc3c(c2)OCCO3)S(=O)(=O)c2ccccc2)cc1. The van der Waals surface area contributed by atoms with Crippen molar-refractivity contribution in [2.45, 2.75) is 31.1 Å². The topological polar surface area (TPSA) is 94.2 Å². The first-order valence-corrected chi connectivity index (χ1v) is 13.6. The third-order valence-electron chi connectivity index (χ3n) is 5.85. The van der Waals surface area contributed by atoms with E-state index in [1.165, 1.54) is 17.7 Å². The number of amides is 1. The van der Waals surface area contributed by atoms with Crippen molar-refractivity contribution in [1.29, 1.82) is 0 Å². The number of carbonyl (C=O) groups excluding carboxylic acids is 1. The van der Waals surface area contributed by atoms with Gasteiger partial charge in [-0.05, 0) is 47.4 Å². The number of rotatable bonds is 9. The Kier molecular flexibility index (Phi) is 7.92. The van der Waals surface area contributed by atoms with Gasteiger partial charge < -0.3 is 19.5 Å². The molecular formula is C28H32N2O6S. The van der Waals surface area contributed by atoms with E-state index in [0.29, 0.717) is 36.1 Å². The van der Waals surface area contributed by atoms with E-state index in [2.05, 4.69) is 26.1 Å². The van der Waals surface area contributed by atoms with Crippen LogP contribution in [0.25, 0.3) is 0 Å². The number of hydrogen-bond acceptors (Lipinski definition) is 6. The van der Waals surface area contributed by atoms with Gasteiger partial charge in [0.25, 0.3) is 10.0 Å². The van der Waals surface area contributed by atoms with Crippen molar-refractivity contribution >= 4 is 21.6 Å². The number of anilines is 1. The van der Waals surface area contributed by atoms with Crippen LogP contribution in [0, 0.1) is 0 Å². The minimum Gasteiger partial charge on any atom is -0.492 e. The Morgan fingerprint density at radius 3 is 2.30 bits per heavy atom. The summed E-state index contributed by atoms with van der Waals surface area (Å²) in [5.41, 5.74) is 1.56. The van der Waals surface area contributed by atoms with Gasteiger partial charge in [0.1, 0.15) is 32.1 Å². The number of carbonyl (C=O) groups is 1. The van der Waals surface area contributed by atoms with E-state index in [-0.39, 0.29) is 23.5 Å². The van der Waals surface area contributed by atoms with Crippen molar-refractivity contribution in [3.05, 3.63) is 78.4 Å². The Bertz CT molecular complexity index is 1320. The smallest absolute Gasteiger partial charge is 0.264 e. The van der Waals surface area contributed by atoms with Gasteiger partial charge in [-0.15, -0.1) is 0 Å². The van der Waals surface area contributed by atoms with Crippen molar-refractivity contribution in [3.8, 4) is 17.2 Å². The van der Waals surface area contributed by atoms with Crippen molar-refractivity contribution in [2.24, 2.45) is 0 Å². The summed E-state index contributed by atoms with van der Waals surface area (Å²) in [6, 6.07) is 20.7. The van der Waals surface area contributed by atoms with Gasteiger partial charge in [-0.1, -0.05) is 51.1 Å². The standard InChI is InChI=1S/C28H32N2O6S/c1-28(2,3)21-9-12-23(13-10-21)34-16-15-29-27(31)20-30(37(32,33)24-7-5-4-6-8-24)22-11-14-25-26(19-22)36-18-17-35-25/h4-14,19H,15-18,20H2,1-3H3,(H,29,31). The minimum atomic E-state index is -4.02. The van der Waals surface area contributed by atoms with E-state index < -0.39 is 22.5 Å². The van der Waals surface area contributed by atoms with Gasteiger partial charge in [0.2, 0.25) is 5.91 Å². The molecule has 4 rings (SSSR count). The van der Waals surface area contributed by atoms with Crippen LogP contribution in [-0.4, -0.2) is 47.2 Å². The number of hydrogen-bond donors (Lipinski definition) is 1. The van der Waals surface area contributed by atoms with Gasteiger partial charge in [0, 0.05) is 6.07 Å². The normalized spacial score (nSPS) is 13.1. The van der Waals surface area contributed by atoms with Crippen LogP contribution in [-0.2, 0) is 20.2 Å². The first kappa shape index (κ1) is 26.3. The average molecular weight is 525 g/mol. The molecule has 37 heavy (non-hydrogen) atoms. The lowest BCUT2D eigenvalue weighted by atomic mass is 9.87. The van der Waals surface area contributed by atoms with E-state index in [1.807, 2.05) is 24.3 Å². The Morgan fingerprint density at radius 2 is 1.62 bits per heavy atom. The zero-order chi connectivity index (χ0) is 26.5. The maximum absolute atomic E-state index is 13.5. The molecule has 3 aromatic carbocycles. The number of nitrogens with zero attached hydrogens (tertiary/aromatic N) is 1. The molecule has 1 N–H and O–H groups in total. The van der Waals surface area contributed by atoms with E-state index >= 15 is 0 Å². The molecular weight excluding hydrogens is 492 g/mol. The van der Waals surface area contributed by atoms with E-state index in [9.17, 15) is 13.2 Å². The highest BCUT2D eigenvalue weighted by Crippen LogP contribution is 2.35. The van der Waals surface area contributed by atoms with Crippen LogP contribution in [0.1, 0.15) is 26.3 Å². The molecule has 0 unspecified atom stereocenters. The first-order chi connectivity index (χ1) is 17.6. The Morgan fingerprint density at radius 1 is 0.946 bits per heavy atom. The van der Waals surface area contributed by atoms with Crippen LogP contribution < -0.4 is 23.8 Å². The highest BCUT2D eigenvalue weighted by Gasteiger charge is 2.28. The second-order valence-corrected chi connectivity index (χ2v) is 11.5. The number of sulfonamides is 1. The summed E-state index contributed by atoms with van der Waals surface area (Å²) in [5.74, 6) is 1.21. The largest absolute Gasteiger partial charge is 0.492 e. The lowest BCUT2D eigenvalue weighted by Crippen LogP contribution is -2.42. The zero-order valence-corrected chi connectivity index (χ0v) is 22.1. The molecule has 0 radical (unpaired) electrons. The Labute approximate surface area is 218 Å². The van der Waals surface area contributed by atoms with Crippen LogP contribution in [0.5, 0.6) is 17.2 Å². The maximum Gasteiger partial charge on any atom is 0.264 e. The zero-order valence-electron chi connectivity index (χ0n) is 21.3. The fraction of sp³-hybridized carbons (Fsp3) is 0.321. The second-order valence-electron chi connectivity index (χ2n) is 9.63. The van der Waals surface area contributed by atoms with Gasteiger partial charge in [-0.2, -0.15) is 0 Å². The summed E-state index contributed by atoms with van der Waals surface area (Å²) in [6.45, 7) is 7.28. The van der Waals surface area contributed by atoms with E-state index in [1.54, 1.807) is 36.4 Å².